The van der Waals surface area contributed by atoms with Crippen LogP contribution in [-0.4, -0.2) is 36.4 Å². The van der Waals surface area contributed by atoms with Gasteiger partial charge in [-0.15, -0.1) is 0 Å². The molecule has 0 unspecified atom stereocenters. The van der Waals surface area contributed by atoms with Crippen molar-refractivity contribution in [1.29, 1.82) is 0 Å². The van der Waals surface area contributed by atoms with Crippen molar-refractivity contribution in [3.63, 3.8) is 0 Å². The molecule has 1 aliphatic heterocycles. The van der Waals surface area contributed by atoms with Gasteiger partial charge in [-0.3, -0.25) is 14.6 Å². The summed E-state index contributed by atoms with van der Waals surface area (Å²) in [6.07, 6.45) is 5.09. The molecule has 5 nitrogen and oxygen atoms in total. The number of likely N-dealkylation sites (N-methyl/N-ethyl adjacent to an activating group) is 1. The Labute approximate surface area is 122 Å². The van der Waals surface area contributed by atoms with Crippen molar-refractivity contribution in [2.24, 2.45) is 5.10 Å². The first-order valence-electron chi connectivity index (χ1n) is 6.67. The molecule has 0 aromatic heterocycles. The highest BCUT2D eigenvalue weighted by molar-refractivity contribution is 6.40. The van der Waals surface area contributed by atoms with Gasteiger partial charge in [0.15, 0.2) is 11.6 Å². The first kappa shape index (κ1) is 13.3. The predicted molar refractivity (Wildman–Crippen MR) is 78.7 cm³/mol. The minimum absolute atomic E-state index is 0.174. The number of fused-ring (bicyclic) bond motifs is 1. The highest BCUT2D eigenvalue weighted by Crippen LogP contribution is 2.32. The SMILES string of the molecule is CCN1N=CC=C/C1=C1\C(=O)c2ccc(OC)cc2C1=O. The summed E-state index contributed by atoms with van der Waals surface area (Å²) in [5.74, 6) is 0.0302. The van der Waals surface area contributed by atoms with Crippen LogP contribution in [0.5, 0.6) is 5.75 Å². The molecule has 0 amide bonds. The molecule has 0 N–H and O–H groups in total. The summed E-state index contributed by atoms with van der Waals surface area (Å²) in [7, 11) is 1.53. The van der Waals surface area contributed by atoms with Crippen LogP contribution in [0, 0.1) is 0 Å². The summed E-state index contributed by atoms with van der Waals surface area (Å²) in [6.45, 7) is 2.50. The van der Waals surface area contributed by atoms with Crippen LogP contribution in [-0.2, 0) is 0 Å². The van der Waals surface area contributed by atoms with Gasteiger partial charge in [-0.2, -0.15) is 5.10 Å². The van der Waals surface area contributed by atoms with Gasteiger partial charge in [-0.1, -0.05) is 0 Å². The molecule has 0 radical (unpaired) electrons. The Morgan fingerprint density at radius 2 is 1.95 bits per heavy atom. The third-order valence-corrected chi connectivity index (χ3v) is 3.55. The maximum absolute atomic E-state index is 12.6. The van der Waals surface area contributed by atoms with E-state index in [1.165, 1.54) is 7.11 Å². The number of ether oxygens (including phenoxy) is 1. The summed E-state index contributed by atoms with van der Waals surface area (Å²) in [4.78, 5) is 25.1. The van der Waals surface area contributed by atoms with Gasteiger partial charge in [0, 0.05) is 23.9 Å². The molecule has 3 rings (SSSR count). The standard InChI is InChI=1S/C16H14N2O3/c1-3-18-13(5-4-8-17-18)14-15(19)11-7-6-10(21-2)9-12(11)16(14)20/h4-9H,3H2,1-2H3/b14-13-. The van der Waals surface area contributed by atoms with Gasteiger partial charge in [-0.05, 0) is 37.3 Å². The molecule has 0 fully saturated rings. The third kappa shape index (κ3) is 1.98. The molecule has 0 saturated carbocycles. The number of hydrazone groups is 1. The Balaban J connectivity index is 2.15. The van der Waals surface area contributed by atoms with Gasteiger partial charge in [0.25, 0.3) is 0 Å². The van der Waals surface area contributed by atoms with Crippen molar-refractivity contribution < 1.29 is 14.3 Å². The summed E-state index contributed by atoms with van der Waals surface area (Å²) in [5, 5.41) is 5.82. The molecule has 2 aliphatic rings. The van der Waals surface area contributed by atoms with Crippen molar-refractivity contribution in [3.05, 3.63) is 52.7 Å². The fourth-order valence-corrected chi connectivity index (χ4v) is 2.51. The quantitative estimate of drug-likeness (QED) is 0.616. The van der Waals surface area contributed by atoms with E-state index in [1.54, 1.807) is 41.6 Å². The summed E-state index contributed by atoms with van der Waals surface area (Å²) in [5.41, 5.74) is 1.53. The smallest absolute Gasteiger partial charge is 0.200 e. The molecule has 5 heteroatoms. The molecular weight excluding hydrogens is 268 g/mol. The number of ketones is 2. The molecule has 0 atom stereocenters. The van der Waals surface area contributed by atoms with E-state index in [9.17, 15) is 9.59 Å². The Kier molecular flexibility index (Phi) is 3.17. The number of carbonyl (C=O) groups is 2. The van der Waals surface area contributed by atoms with Crippen molar-refractivity contribution in [2.75, 3.05) is 13.7 Å². The van der Waals surface area contributed by atoms with Gasteiger partial charge in [0.2, 0.25) is 0 Å². The molecule has 1 aromatic carbocycles. The van der Waals surface area contributed by atoms with E-state index in [1.807, 2.05) is 6.92 Å². The second kappa shape index (κ2) is 5.01. The van der Waals surface area contributed by atoms with Gasteiger partial charge in [0.05, 0.1) is 18.4 Å². The number of hydrogen-bond donors (Lipinski definition) is 0. The number of allylic oxidation sites excluding steroid dienone is 3. The average Bonchev–Trinajstić information content (AvgIpc) is 2.78. The van der Waals surface area contributed by atoms with E-state index in [-0.39, 0.29) is 17.1 Å². The monoisotopic (exact) mass is 282 g/mol. The fraction of sp³-hybridized carbons (Fsp3) is 0.188. The first-order chi connectivity index (χ1) is 10.2. The Bertz CT molecular complexity index is 729. The van der Waals surface area contributed by atoms with E-state index in [4.69, 9.17) is 4.74 Å². The van der Waals surface area contributed by atoms with Gasteiger partial charge >= 0.3 is 0 Å². The molecule has 1 aliphatic carbocycles. The number of methoxy groups -OCH3 is 1. The summed E-state index contributed by atoms with van der Waals surface area (Å²) < 4.78 is 5.12. The number of carbonyl (C=O) groups excluding carboxylic acids is 2. The van der Waals surface area contributed by atoms with Crippen LogP contribution >= 0.6 is 0 Å². The van der Waals surface area contributed by atoms with Crippen molar-refractivity contribution in [3.8, 4) is 5.75 Å². The Morgan fingerprint density at radius 1 is 1.19 bits per heavy atom. The maximum atomic E-state index is 12.6. The predicted octanol–water partition coefficient (Wildman–Crippen LogP) is 2.21. The fourth-order valence-electron chi connectivity index (χ4n) is 2.51. The second-order valence-corrected chi connectivity index (χ2v) is 4.67. The van der Waals surface area contributed by atoms with E-state index < -0.39 is 0 Å². The van der Waals surface area contributed by atoms with Crippen LogP contribution in [0.15, 0.2) is 46.7 Å². The zero-order valence-corrected chi connectivity index (χ0v) is 11.8. The lowest BCUT2D eigenvalue weighted by Gasteiger charge is -2.21. The average molecular weight is 282 g/mol. The molecule has 0 saturated heterocycles. The van der Waals surface area contributed by atoms with E-state index >= 15 is 0 Å². The highest BCUT2D eigenvalue weighted by Gasteiger charge is 2.36. The van der Waals surface area contributed by atoms with Gasteiger partial charge < -0.3 is 4.74 Å². The number of Topliss-reactive ketones (excluding diaryl/α,β-unsaturated/α-hetero) is 2. The van der Waals surface area contributed by atoms with Crippen LogP contribution in [0.25, 0.3) is 0 Å². The highest BCUT2D eigenvalue weighted by atomic mass is 16.5. The Morgan fingerprint density at radius 3 is 2.67 bits per heavy atom. The lowest BCUT2D eigenvalue weighted by Crippen LogP contribution is -2.22. The number of rotatable bonds is 2. The number of hydrogen-bond acceptors (Lipinski definition) is 5. The van der Waals surface area contributed by atoms with E-state index in [2.05, 4.69) is 5.10 Å². The van der Waals surface area contributed by atoms with Crippen molar-refractivity contribution >= 4 is 17.8 Å². The van der Waals surface area contributed by atoms with Crippen LogP contribution in [0.1, 0.15) is 27.6 Å². The molecule has 0 spiro atoms. The van der Waals surface area contributed by atoms with Crippen molar-refractivity contribution in [2.45, 2.75) is 6.92 Å². The minimum atomic E-state index is -0.274. The van der Waals surface area contributed by atoms with Gasteiger partial charge in [0.1, 0.15) is 5.75 Å². The zero-order valence-electron chi connectivity index (χ0n) is 11.8. The Hall–Kier alpha value is -2.69. The van der Waals surface area contributed by atoms with Crippen LogP contribution in [0.3, 0.4) is 0 Å². The first-order valence-corrected chi connectivity index (χ1v) is 6.67. The maximum Gasteiger partial charge on any atom is 0.200 e. The summed E-state index contributed by atoms with van der Waals surface area (Å²) >= 11 is 0. The largest absolute Gasteiger partial charge is 0.497 e. The zero-order chi connectivity index (χ0) is 15.0. The minimum Gasteiger partial charge on any atom is -0.497 e. The molecule has 1 aromatic rings. The summed E-state index contributed by atoms with van der Waals surface area (Å²) in [6, 6.07) is 4.92. The number of benzene rings is 1. The lowest BCUT2D eigenvalue weighted by atomic mass is 10.1. The third-order valence-electron chi connectivity index (χ3n) is 3.55. The molecule has 106 valence electrons. The second-order valence-electron chi connectivity index (χ2n) is 4.67. The lowest BCUT2D eigenvalue weighted by molar-refractivity contribution is 0.0983. The normalized spacial score (nSPS) is 20.2. The van der Waals surface area contributed by atoms with E-state index in [0.717, 1.165) is 0 Å². The van der Waals surface area contributed by atoms with Crippen LogP contribution in [0.2, 0.25) is 0 Å². The molecule has 21 heavy (non-hydrogen) atoms. The van der Waals surface area contributed by atoms with Gasteiger partial charge in [-0.25, -0.2) is 0 Å². The van der Waals surface area contributed by atoms with Crippen LogP contribution < -0.4 is 4.74 Å². The topological polar surface area (TPSA) is 59.0 Å². The molecule has 0 bridgehead atoms. The number of nitrogens with zero attached hydrogens (tertiary/aromatic N) is 2. The van der Waals surface area contributed by atoms with Crippen LogP contribution in [0.4, 0.5) is 0 Å². The molecular formula is C16H14N2O3. The molecule has 1 heterocycles. The van der Waals surface area contributed by atoms with Crippen molar-refractivity contribution in [1.82, 2.24) is 5.01 Å². The van der Waals surface area contributed by atoms with E-state index in [0.29, 0.717) is 29.1 Å².